The Morgan fingerprint density at radius 2 is 1.04 bits per heavy atom. The van der Waals surface area contributed by atoms with Gasteiger partial charge in [-0.3, -0.25) is 0 Å². The second-order valence-corrected chi connectivity index (χ2v) is 17.2. The van der Waals surface area contributed by atoms with E-state index in [0.717, 1.165) is 32.9 Å². The lowest BCUT2D eigenvalue weighted by molar-refractivity contribution is 0.652. The van der Waals surface area contributed by atoms with Crippen LogP contribution < -0.4 is 0 Å². The summed E-state index contributed by atoms with van der Waals surface area (Å²) in [6.45, 7) is 9.54. The zero-order valence-corrected chi connectivity index (χ0v) is 32.1. The Kier molecular flexibility index (Phi) is 6.85. The first-order valence-electron chi connectivity index (χ1n) is 19.2. The maximum atomic E-state index is 5.23. The van der Waals surface area contributed by atoms with Gasteiger partial charge in [0.15, 0.2) is 5.82 Å². The lowest BCUT2D eigenvalue weighted by Crippen LogP contribution is -2.16. The molecule has 2 aliphatic carbocycles. The van der Waals surface area contributed by atoms with Crippen LogP contribution in [0.3, 0.4) is 0 Å². The van der Waals surface area contributed by atoms with E-state index < -0.39 is 0 Å². The molecule has 0 spiro atoms. The minimum absolute atomic E-state index is 0.0450. The normalized spacial score (nSPS) is 14.5. The van der Waals surface area contributed by atoms with Crippen molar-refractivity contribution in [2.45, 2.75) is 38.5 Å². The van der Waals surface area contributed by atoms with Crippen molar-refractivity contribution in [3.8, 4) is 67.2 Å². The summed E-state index contributed by atoms with van der Waals surface area (Å²) in [5, 5.41) is 1.17. The Morgan fingerprint density at radius 3 is 1.89 bits per heavy atom. The van der Waals surface area contributed by atoms with E-state index >= 15 is 0 Å². The SMILES string of the molecule is CC1(C)c2ccccc2-c2cc3c(cc21)-c1c(-c2ccc(-c4cccc(-c5nc(-c6ccccc6)nc6c5sc5ccccc56)c4)cc2)cccc1C3(C)C. The second-order valence-electron chi connectivity index (χ2n) is 16.2. The standard InChI is InChI=1S/C52H38N2S/c1-51(2)41-21-10-8-18-37(41)39-29-44-40(30-43(39)51)46-36(20-13-22-42(46)52(44,3)4)32-26-24-31(25-27-32)34-16-12-17-35(28-34)47-49-48(38-19-9-11-23-45(38)55-49)54-50(53-47)33-14-6-5-7-15-33/h5-30H,1-4H3. The molecule has 9 aromatic rings. The van der Waals surface area contributed by atoms with E-state index in [1.807, 2.05) is 18.2 Å². The number of hydrogen-bond acceptors (Lipinski definition) is 3. The Morgan fingerprint density at radius 1 is 0.418 bits per heavy atom. The predicted molar refractivity (Wildman–Crippen MR) is 232 cm³/mol. The van der Waals surface area contributed by atoms with Gasteiger partial charge >= 0.3 is 0 Å². The van der Waals surface area contributed by atoms with Gasteiger partial charge < -0.3 is 0 Å². The number of hydrogen-bond donors (Lipinski definition) is 0. The van der Waals surface area contributed by atoms with Crippen LogP contribution in [0.15, 0.2) is 158 Å². The molecule has 7 aromatic carbocycles. The van der Waals surface area contributed by atoms with Gasteiger partial charge in [0.1, 0.15) is 0 Å². The Labute approximate surface area is 325 Å². The smallest absolute Gasteiger partial charge is 0.160 e. The van der Waals surface area contributed by atoms with Gasteiger partial charge in [0.05, 0.1) is 15.9 Å². The molecule has 0 saturated heterocycles. The minimum Gasteiger partial charge on any atom is -0.226 e. The maximum Gasteiger partial charge on any atom is 0.160 e. The summed E-state index contributed by atoms with van der Waals surface area (Å²) in [6, 6.07) is 57.7. The van der Waals surface area contributed by atoms with E-state index in [1.165, 1.54) is 76.8 Å². The molecule has 0 amide bonds. The van der Waals surface area contributed by atoms with E-state index in [2.05, 4.69) is 167 Å². The van der Waals surface area contributed by atoms with Gasteiger partial charge in [-0.1, -0.05) is 161 Å². The predicted octanol–water partition coefficient (Wildman–Crippen LogP) is 14.1. The average Bonchev–Trinajstić information content (AvgIpc) is 3.80. The molecular formula is C52H38N2S. The molecule has 0 bridgehead atoms. The van der Waals surface area contributed by atoms with E-state index in [9.17, 15) is 0 Å². The number of nitrogens with zero attached hydrogens (tertiary/aromatic N) is 2. The molecule has 0 aliphatic heterocycles. The van der Waals surface area contributed by atoms with Gasteiger partial charge in [0.2, 0.25) is 0 Å². The van der Waals surface area contributed by atoms with Gasteiger partial charge in [-0.15, -0.1) is 11.3 Å². The zero-order valence-electron chi connectivity index (χ0n) is 31.3. The van der Waals surface area contributed by atoms with Gasteiger partial charge in [-0.2, -0.15) is 0 Å². The summed E-state index contributed by atoms with van der Waals surface area (Å²) in [7, 11) is 0. The molecule has 0 unspecified atom stereocenters. The minimum atomic E-state index is -0.0982. The van der Waals surface area contributed by atoms with Crippen molar-refractivity contribution < 1.29 is 0 Å². The summed E-state index contributed by atoms with van der Waals surface area (Å²) in [4.78, 5) is 10.3. The maximum absolute atomic E-state index is 5.23. The van der Waals surface area contributed by atoms with Crippen LogP contribution in [0, 0.1) is 0 Å². The molecule has 2 aliphatic rings. The highest BCUT2D eigenvalue weighted by molar-refractivity contribution is 7.26. The van der Waals surface area contributed by atoms with Crippen LogP contribution in [0.2, 0.25) is 0 Å². The third-order valence-corrected chi connectivity index (χ3v) is 13.5. The van der Waals surface area contributed by atoms with Gasteiger partial charge in [0.25, 0.3) is 0 Å². The van der Waals surface area contributed by atoms with Crippen LogP contribution in [-0.4, -0.2) is 9.97 Å². The fourth-order valence-electron chi connectivity index (χ4n) is 9.41. The number of aromatic nitrogens is 2. The highest BCUT2D eigenvalue weighted by Gasteiger charge is 2.42. The lowest BCUT2D eigenvalue weighted by Gasteiger charge is -2.24. The summed E-state index contributed by atoms with van der Waals surface area (Å²) >= 11 is 1.77. The molecule has 11 rings (SSSR count). The molecule has 2 nitrogen and oxygen atoms in total. The summed E-state index contributed by atoms with van der Waals surface area (Å²) in [5.41, 5.74) is 20.0. The van der Waals surface area contributed by atoms with Crippen molar-refractivity contribution in [2.75, 3.05) is 0 Å². The fourth-order valence-corrected chi connectivity index (χ4v) is 10.6. The molecule has 2 aromatic heterocycles. The average molecular weight is 723 g/mol. The molecule has 0 fully saturated rings. The molecule has 0 saturated carbocycles. The molecule has 2 heterocycles. The van der Waals surface area contributed by atoms with Gasteiger partial charge in [-0.05, 0) is 91.0 Å². The van der Waals surface area contributed by atoms with Crippen LogP contribution in [0.1, 0.15) is 49.9 Å². The third kappa shape index (κ3) is 4.73. The summed E-state index contributed by atoms with van der Waals surface area (Å²) in [6.07, 6.45) is 0. The van der Waals surface area contributed by atoms with E-state index in [-0.39, 0.29) is 10.8 Å². The Hall–Kier alpha value is -6.16. The molecule has 262 valence electrons. The first-order chi connectivity index (χ1) is 26.8. The number of thiophene rings is 1. The van der Waals surface area contributed by atoms with E-state index in [1.54, 1.807) is 11.3 Å². The zero-order chi connectivity index (χ0) is 37.1. The highest BCUT2D eigenvalue weighted by Crippen LogP contribution is 2.57. The quantitative estimate of drug-likeness (QED) is 0.181. The number of benzene rings is 7. The molecule has 0 atom stereocenters. The van der Waals surface area contributed by atoms with Crippen LogP contribution in [0.25, 0.3) is 87.5 Å². The van der Waals surface area contributed by atoms with Gasteiger partial charge in [-0.25, -0.2) is 9.97 Å². The van der Waals surface area contributed by atoms with Crippen LogP contribution in [0.5, 0.6) is 0 Å². The van der Waals surface area contributed by atoms with E-state index in [4.69, 9.17) is 9.97 Å². The van der Waals surface area contributed by atoms with Crippen molar-refractivity contribution in [1.29, 1.82) is 0 Å². The Bertz CT molecular complexity index is 3020. The number of rotatable bonds is 4. The van der Waals surface area contributed by atoms with E-state index in [0.29, 0.717) is 0 Å². The highest BCUT2D eigenvalue weighted by atomic mass is 32.1. The van der Waals surface area contributed by atoms with Crippen molar-refractivity contribution >= 4 is 31.6 Å². The fraction of sp³-hybridized carbons (Fsp3) is 0.115. The molecule has 3 heteroatoms. The van der Waals surface area contributed by atoms with Crippen LogP contribution in [-0.2, 0) is 10.8 Å². The lowest BCUT2D eigenvalue weighted by atomic mass is 9.79. The topological polar surface area (TPSA) is 25.8 Å². The second kappa shape index (κ2) is 11.7. The number of fused-ring (bicyclic) bond motifs is 9. The molecule has 55 heavy (non-hydrogen) atoms. The summed E-state index contributed by atoms with van der Waals surface area (Å²) < 4.78 is 2.34. The largest absolute Gasteiger partial charge is 0.226 e. The van der Waals surface area contributed by atoms with Crippen molar-refractivity contribution in [1.82, 2.24) is 9.97 Å². The summed E-state index contributed by atoms with van der Waals surface area (Å²) in [5.74, 6) is 0.750. The first kappa shape index (κ1) is 32.3. The first-order valence-corrected chi connectivity index (χ1v) is 20.0. The van der Waals surface area contributed by atoms with Crippen LogP contribution in [0.4, 0.5) is 0 Å². The molecule has 0 radical (unpaired) electrons. The third-order valence-electron chi connectivity index (χ3n) is 12.3. The molecular weight excluding hydrogens is 685 g/mol. The van der Waals surface area contributed by atoms with Crippen molar-refractivity contribution in [3.05, 3.63) is 180 Å². The van der Waals surface area contributed by atoms with Gasteiger partial charge in [0, 0.05) is 32.0 Å². The monoisotopic (exact) mass is 722 g/mol. The molecule has 0 N–H and O–H groups in total. The Balaban J connectivity index is 1.00. The van der Waals surface area contributed by atoms with Crippen LogP contribution >= 0.6 is 11.3 Å². The van der Waals surface area contributed by atoms with Crippen molar-refractivity contribution in [2.24, 2.45) is 0 Å². The van der Waals surface area contributed by atoms with Crippen molar-refractivity contribution in [3.63, 3.8) is 0 Å².